The molecular formula is C19H19NO4. The van der Waals surface area contributed by atoms with E-state index in [0.29, 0.717) is 5.58 Å². The highest BCUT2D eigenvalue weighted by molar-refractivity contribution is 6.08. The van der Waals surface area contributed by atoms with Gasteiger partial charge in [-0.25, -0.2) is 0 Å². The van der Waals surface area contributed by atoms with Crippen molar-refractivity contribution in [3.8, 4) is 0 Å². The molecule has 1 atom stereocenters. The Morgan fingerprint density at radius 2 is 1.92 bits per heavy atom. The minimum Gasteiger partial charge on any atom is -0.469 e. The number of ether oxygens (including phenoxy) is 1. The topological polar surface area (TPSA) is 68.5 Å². The lowest BCUT2D eigenvalue weighted by Gasteiger charge is -2.11. The summed E-state index contributed by atoms with van der Waals surface area (Å²) in [4.78, 5) is 23.8. The average molecular weight is 325 g/mol. The number of amides is 1. The molecule has 1 unspecified atom stereocenters. The number of carbonyl (C=O) groups is 2. The third-order valence-electron chi connectivity index (χ3n) is 4.11. The first-order chi connectivity index (χ1) is 11.5. The van der Waals surface area contributed by atoms with Gasteiger partial charge in [0.1, 0.15) is 5.58 Å². The van der Waals surface area contributed by atoms with E-state index in [1.807, 2.05) is 43.3 Å². The summed E-state index contributed by atoms with van der Waals surface area (Å²) in [5.74, 6) is -0.419. The number of rotatable bonds is 4. The van der Waals surface area contributed by atoms with Crippen LogP contribution in [0.3, 0.4) is 0 Å². The molecule has 0 radical (unpaired) electrons. The fraction of sp³-hybridized carbons (Fsp3) is 0.263. The molecule has 3 rings (SSSR count). The molecule has 2 aromatic carbocycles. The van der Waals surface area contributed by atoms with Crippen molar-refractivity contribution in [3.63, 3.8) is 0 Å². The van der Waals surface area contributed by atoms with E-state index in [9.17, 15) is 9.59 Å². The fourth-order valence-corrected chi connectivity index (χ4v) is 2.84. The van der Waals surface area contributed by atoms with E-state index in [2.05, 4.69) is 10.1 Å². The second-order valence-corrected chi connectivity index (χ2v) is 5.87. The summed E-state index contributed by atoms with van der Waals surface area (Å²) in [5.41, 5.74) is 1.50. The van der Waals surface area contributed by atoms with E-state index in [0.717, 1.165) is 21.7 Å². The van der Waals surface area contributed by atoms with E-state index in [4.69, 9.17) is 4.42 Å². The van der Waals surface area contributed by atoms with Crippen molar-refractivity contribution in [2.45, 2.75) is 26.3 Å². The standard InChI is InChI=1S/C19H19NO4/c1-11(10-16(21)23-3)20-19(22)17-12(2)14-9-8-13-6-4-5-7-15(13)18(14)24-17/h4-9,11H,10H2,1-3H3,(H,20,22). The van der Waals surface area contributed by atoms with E-state index < -0.39 is 0 Å². The van der Waals surface area contributed by atoms with Crippen LogP contribution >= 0.6 is 0 Å². The van der Waals surface area contributed by atoms with Crippen molar-refractivity contribution >= 4 is 33.6 Å². The number of carbonyl (C=O) groups excluding carboxylic acids is 2. The summed E-state index contributed by atoms with van der Waals surface area (Å²) in [5, 5.41) is 5.73. The first-order valence-corrected chi connectivity index (χ1v) is 7.79. The van der Waals surface area contributed by atoms with Gasteiger partial charge in [0.15, 0.2) is 5.76 Å². The first-order valence-electron chi connectivity index (χ1n) is 7.79. The van der Waals surface area contributed by atoms with Crippen LogP contribution in [-0.2, 0) is 9.53 Å². The first kappa shape index (κ1) is 16.1. The fourth-order valence-electron chi connectivity index (χ4n) is 2.84. The number of hydrogen-bond donors (Lipinski definition) is 1. The lowest BCUT2D eigenvalue weighted by molar-refractivity contribution is -0.141. The Labute approximate surface area is 139 Å². The van der Waals surface area contributed by atoms with Crippen molar-refractivity contribution < 1.29 is 18.7 Å². The highest BCUT2D eigenvalue weighted by Gasteiger charge is 2.21. The highest BCUT2D eigenvalue weighted by atomic mass is 16.5. The highest BCUT2D eigenvalue weighted by Crippen LogP contribution is 2.31. The van der Waals surface area contributed by atoms with Crippen molar-refractivity contribution in [1.29, 1.82) is 0 Å². The Hall–Kier alpha value is -2.82. The molecule has 0 bridgehead atoms. The van der Waals surface area contributed by atoms with Crippen LogP contribution in [0.1, 0.15) is 29.5 Å². The number of furan rings is 1. The van der Waals surface area contributed by atoms with Crippen molar-refractivity contribution in [1.82, 2.24) is 5.32 Å². The lowest BCUT2D eigenvalue weighted by Crippen LogP contribution is -2.34. The van der Waals surface area contributed by atoms with Gasteiger partial charge in [0.2, 0.25) is 0 Å². The van der Waals surface area contributed by atoms with Crippen LogP contribution in [0.15, 0.2) is 40.8 Å². The minimum absolute atomic E-state index is 0.116. The Bertz CT molecular complexity index is 926. The number of fused-ring (bicyclic) bond motifs is 3. The number of benzene rings is 2. The zero-order valence-electron chi connectivity index (χ0n) is 13.9. The van der Waals surface area contributed by atoms with Gasteiger partial charge in [0.25, 0.3) is 5.91 Å². The van der Waals surface area contributed by atoms with E-state index >= 15 is 0 Å². The van der Waals surface area contributed by atoms with E-state index in [-0.39, 0.29) is 30.1 Å². The predicted molar refractivity (Wildman–Crippen MR) is 92.0 cm³/mol. The number of methoxy groups -OCH3 is 1. The molecule has 5 nitrogen and oxygen atoms in total. The molecule has 124 valence electrons. The zero-order valence-corrected chi connectivity index (χ0v) is 13.9. The van der Waals surface area contributed by atoms with Crippen molar-refractivity contribution in [3.05, 3.63) is 47.7 Å². The summed E-state index contributed by atoms with van der Waals surface area (Å²) < 4.78 is 10.5. The van der Waals surface area contributed by atoms with Crippen LogP contribution in [0.4, 0.5) is 0 Å². The normalized spacial score (nSPS) is 12.3. The molecule has 0 aliphatic heterocycles. The van der Waals surface area contributed by atoms with Crippen LogP contribution in [0.5, 0.6) is 0 Å². The molecule has 0 aliphatic carbocycles. The van der Waals surface area contributed by atoms with Crippen molar-refractivity contribution in [2.24, 2.45) is 0 Å². The molecular weight excluding hydrogens is 306 g/mol. The van der Waals surface area contributed by atoms with Gasteiger partial charge >= 0.3 is 5.97 Å². The third kappa shape index (κ3) is 2.85. The smallest absolute Gasteiger partial charge is 0.307 e. The number of esters is 1. The second-order valence-electron chi connectivity index (χ2n) is 5.87. The van der Waals surface area contributed by atoms with Crippen molar-refractivity contribution in [2.75, 3.05) is 7.11 Å². The maximum atomic E-state index is 12.5. The van der Waals surface area contributed by atoms with Gasteiger partial charge in [-0.05, 0) is 19.2 Å². The third-order valence-corrected chi connectivity index (χ3v) is 4.11. The maximum absolute atomic E-state index is 12.5. The molecule has 0 saturated carbocycles. The Morgan fingerprint density at radius 1 is 1.17 bits per heavy atom. The quantitative estimate of drug-likeness (QED) is 0.745. The zero-order chi connectivity index (χ0) is 17.3. The van der Waals surface area contributed by atoms with Crippen LogP contribution in [0, 0.1) is 6.92 Å². The van der Waals surface area contributed by atoms with Gasteiger partial charge in [-0.1, -0.05) is 36.4 Å². The van der Waals surface area contributed by atoms with Gasteiger partial charge < -0.3 is 14.5 Å². The van der Waals surface area contributed by atoms with Gasteiger partial charge in [-0.2, -0.15) is 0 Å². The predicted octanol–water partition coefficient (Wildman–Crippen LogP) is 3.58. The van der Waals surface area contributed by atoms with Gasteiger partial charge in [0, 0.05) is 22.4 Å². The largest absolute Gasteiger partial charge is 0.469 e. The van der Waals surface area contributed by atoms with Gasteiger partial charge in [-0.15, -0.1) is 0 Å². The molecule has 3 aromatic rings. The lowest BCUT2D eigenvalue weighted by atomic mass is 10.1. The Balaban J connectivity index is 1.95. The molecule has 0 saturated heterocycles. The molecule has 24 heavy (non-hydrogen) atoms. The summed E-state index contributed by atoms with van der Waals surface area (Å²) in [7, 11) is 1.32. The summed E-state index contributed by atoms with van der Waals surface area (Å²) in [6.07, 6.45) is 0.116. The van der Waals surface area contributed by atoms with Crippen LogP contribution < -0.4 is 5.32 Å². The van der Waals surface area contributed by atoms with Crippen LogP contribution in [0.2, 0.25) is 0 Å². The monoisotopic (exact) mass is 325 g/mol. The Morgan fingerprint density at radius 3 is 2.67 bits per heavy atom. The van der Waals surface area contributed by atoms with E-state index in [1.165, 1.54) is 7.11 Å². The van der Waals surface area contributed by atoms with E-state index in [1.54, 1.807) is 6.92 Å². The molecule has 0 spiro atoms. The Kier molecular flexibility index (Phi) is 4.25. The molecule has 1 aromatic heterocycles. The second kappa shape index (κ2) is 6.35. The maximum Gasteiger partial charge on any atom is 0.307 e. The summed E-state index contributed by atoms with van der Waals surface area (Å²) in [6, 6.07) is 11.5. The molecule has 1 amide bonds. The molecule has 5 heteroatoms. The number of hydrogen-bond acceptors (Lipinski definition) is 4. The van der Waals surface area contributed by atoms with Gasteiger partial charge in [-0.3, -0.25) is 9.59 Å². The molecule has 1 heterocycles. The van der Waals surface area contributed by atoms with Gasteiger partial charge in [0.05, 0.1) is 13.5 Å². The van der Waals surface area contributed by atoms with Crippen LogP contribution in [0.25, 0.3) is 21.7 Å². The molecule has 0 aliphatic rings. The number of nitrogens with one attached hydrogen (secondary N) is 1. The average Bonchev–Trinajstić information content (AvgIpc) is 2.92. The van der Waals surface area contributed by atoms with Crippen LogP contribution in [-0.4, -0.2) is 25.0 Å². The SMILES string of the molecule is COC(=O)CC(C)NC(=O)c1oc2c(ccc3ccccc32)c1C. The summed E-state index contributed by atoms with van der Waals surface area (Å²) in [6.45, 7) is 3.61. The summed E-state index contributed by atoms with van der Waals surface area (Å²) >= 11 is 0. The number of aryl methyl sites for hydroxylation is 1. The minimum atomic E-state index is -0.366. The molecule has 1 N–H and O–H groups in total. The molecule has 0 fully saturated rings.